The Hall–Kier alpha value is -3.24. The molecular formula is C48H69ClN4O6. The molecule has 4 fully saturated rings. The molecule has 5 aliphatic carbocycles. The average Bonchev–Trinajstić information content (AvgIpc) is 3.58. The number of hydrogen-bond donors (Lipinski definition) is 1. The first-order valence-electron chi connectivity index (χ1n) is 22.2. The van der Waals surface area contributed by atoms with E-state index >= 15 is 0 Å². The van der Waals surface area contributed by atoms with E-state index < -0.39 is 22.8 Å². The van der Waals surface area contributed by atoms with Gasteiger partial charge in [-0.25, -0.2) is 4.98 Å². The van der Waals surface area contributed by atoms with E-state index in [1.54, 1.807) is 30.8 Å². The summed E-state index contributed by atoms with van der Waals surface area (Å²) >= 11 is 6.28. The van der Waals surface area contributed by atoms with Crippen LogP contribution in [0.1, 0.15) is 138 Å². The predicted octanol–water partition coefficient (Wildman–Crippen LogP) is 9.20. The van der Waals surface area contributed by atoms with E-state index in [-0.39, 0.29) is 57.4 Å². The molecule has 0 aliphatic heterocycles. The number of ether oxygens (including phenoxy) is 1. The monoisotopic (exact) mass is 832 g/mol. The van der Waals surface area contributed by atoms with E-state index in [9.17, 15) is 24.3 Å². The van der Waals surface area contributed by atoms with Gasteiger partial charge in [0.15, 0.2) is 11.6 Å². The Bertz CT molecular complexity index is 2130. The fourth-order valence-electron chi connectivity index (χ4n) is 14.2. The van der Waals surface area contributed by atoms with E-state index in [2.05, 4.69) is 63.0 Å². The fourth-order valence-corrected chi connectivity index (χ4v) is 14.3. The molecular weight excluding hydrogens is 764 g/mol. The topological polar surface area (TPSA) is 124 Å². The van der Waals surface area contributed by atoms with Crippen LogP contribution in [0.5, 0.6) is 0 Å². The molecule has 0 unspecified atom stereocenters. The van der Waals surface area contributed by atoms with Crippen LogP contribution in [0.25, 0.3) is 5.82 Å². The second-order valence-corrected chi connectivity index (χ2v) is 22.3. The van der Waals surface area contributed by atoms with Gasteiger partial charge in [-0.15, -0.1) is 0 Å². The first-order valence-corrected chi connectivity index (χ1v) is 22.6. The van der Waals surface area contributed by atoms with Gasteiger partial charge in [0, 0.05) is 35.6 Å². The van der Waals surface area contributed by atoms with Crippen molar-refractivity contribution < 1.29 is 24.2 Å². The van der Waals surface area contributed by atoms with Crippen molar-refractivity contribution in [1.82, 2.24) is 19.2 Å². The lowest BCUT2D eigenvalue weighted by Crippen LogP contribution is -2.66. The van der Waals surface area contributed by atoms with Crippen molar-refractivity contribution in [2.24, 2.45) is 50.7 Å². The Kier molecular flexibility index (Phi) is 10.9. The largest absolute Gasteiger partial charge is 0.481 e. The number of allylic oxidation sites excluding steroid dienone is 2. The van der Waals surface area contributed by atoms with E-state index in [0.29, 0.717) is 47.8 Å². The molecule has 0 bridgehead atoms. The van der Waals surface area contributed by atoms with Gasteiger partial charge in [-0.05, 0) is 149 Å². The van der Waals surface area contributed by atoms with Crippen molar-refractivity contribution in [2.45, 2.75) is 152 Å². The molecule has 7 rings (SSSR count). The van der Waals surface area contributed by atoms with Crippen LogP contribution in [0, 0.1) is 57.7 Å². The SMILES string of the molecule is Cc1c([C@@]23CC[C@]4(C)[C@H](CC[C@@H]5[C@@]6(C)CC[C@H](OC(=O)CC(C)(C)C(=O)O)C(C)(C)[C@@H]6CC[C@]54C)C2=C(C(C)C)C(=O)C3)n(CCN(C)C)n(-c2ccc(Cl)cn2)c1=O. The van der Waals surface area contributed by atoms with E-state index in [4.69, 9.17) is 16.3 Å². The zero-order valence-corrected chi connectivity index (χ0v) is 38.5. The second kappa shape index (κ2) is 14.7. The molecule has 5 aliphatic rings. The number of carbonyl (C=O) groups excluding carboxylic acids is 2. The number of rotatable bonds is 10. The summed E-state index contributed by atoms with van der Waals surface area (Å²) in [7, 11) is 4.09. The Morgan fingerprint density at radius 2 is 1.68 bits per heavy atom. The first kappa shape index (κ1) is 43.8. The molecule has 1 N–H and O–H groups in total. The van der Waals surface area contributed by atoms with Gasteiger partial charge in [0.25, 0.3) is 5.56 Å². The molecule has 11 heteroatoms. The minimum absolute atomic E-state index is 0.00203. The van der Waals surface area contributed by atoms with Gasteiger partial charge in [0.1, 0.15) is 6.10 Å². The van der Waals surface area contributed by atoms with Crippen molar-refractivity contribution in [2.75, 3.05) is 20.6 Å². The molecule has 2 aromatic rings. The molecule has 0 radical (unpaired) electrons. The molecule has 0 saturated heterocycles. The highest BCUT2D eigenvalue weighted by atomic mass is 35.5. The maximum Gasteiger partial charge on any atom is 0.309 e. The third-order valence-electron chi connectivity index (χ3n) is 17.3. The molecule has 0 spiro atoms. The lowest BCUT2D eigenvalue weighted by molar-refractivity contribution is -0.232. The Balaban J connectivity index is 1.29. The maximum atomic E-state index is 14.7. The minimum atomic E-state index is -1.18. The number of ketones is 1. The number of carboxylic acid groups (broad SMARTS) is 1. The van der Waals surface area contributed by atoms with Crippen molar-refractivity contribution in [1.29, 1.82) is 0 Å². The molecule has 0 aromatic carbocycles. The van der Waals surface area contributed by atoms with Gasteiger partial charge >= 0.3 is 11.9 Å². The van der Waals surface area contributed by atoms with Crippen LogP contribution < -0.4 is 5.56 Å². The number of likely N-dealkylation sites (N-methyl/N-ethyl adjacent to an activating group) is 1. The normalized spacial score (nSPS) is 34.1. The third-order valence-corrected chi connectivity index (χ3v) is 17.5. The number of nitrogens with zero attached hydrogens (tertiary/aromatic N) is 4. The number of halogens is 1. The summed E-state index contributed by atoms with van der Waals surface area (Å²) in [4.78, 5) is 61.0. The molecule has 324 valence electrons. The van der Waals surface area contributed by atoms with Gasteiger partial charge in [0.2, 0.25) is 0 Å². The number of carbonyl (C=O) groups is 3. The van der Waals surface area contributed by atoms with Gasteiger partial charge in [-0.3, -0.25) is 23.9 Å². The van der Waals surface area contributed by atoms with E-state index in [1.165, 1.54) is 5.57 Å². The fraction of sp³-hybridized carbons (Fsp3) is 0.729. The predicted molar refractivity (Wildman–Crippen MR) is 231 cm³/mol. The Labute approximate surface area is 356 Å². The Morgan fingerprint density at radius 3 is 2.29 bits per heavy atom. The number of hydrogen-bond acceptors (Lipinski definition) is 7. The molecule has 8 atom stereocenters. The van der Waals surface area contributed by atoms with Crippen LogP contribution in [0.3, 0.4) is 0 Å². The molecule has 2 heterocycles. The summed E-state index contributed by atoms with van der Waals surface area (Å²) in [5, 5.41) is 10.2. The summed E-state index contributed by atoms with van der Waals surface area (Å²) in [6.07, 6.45) is 9.15. The number of aliphatic carboxylic acids is 1. The van der Waals surface area contributed by atoms with Gasteiger partial charge < -0.3 is 14.7 Å². The summed E-state index contributed by atoms with van der Waals surface area (Å²) in [5.41, 5.74) is 1.76. The number of esters is 1. The highest BCUT2D eigenvalue weighted by Crippen LogP contribution is 2.77. The molecule has 2 aromatic heterocycles. The zero-order chi connectivity index (χ0) is 43.4. The molecule has 0 amide bonds. The van der Waals surface area contributed by atoms with Crippen LogP contribution in [-0.2, 0) is 31.1 Å². The quantitative estimate of drug-likeness (QED) is 0.235. The van der Waals surface area contributed by atoms with Gasteiger partial charge in [-0.1, -0.05) is 60.1 Å². The number of carboxylic acids is 1. The van der Waals surface area contributed by atoms with Crippen LogP contribution in [-0.4, -0.2) is 68.8 Å². The minimum Gasteiger partial charge on any atom is -0.481 e. The Morgan fingerprint density at radius 1 is 0.983 bits per heavy atom. The third kappa shape index (κ3) is 6.53. The number of Topliss-reactive ketones (excluding diaryl/α,β-unsaturated/α-hetero) is 1. The van der Waals surface area contributed by atoms with E-state index in [0.717, 1.165) is 62.6 Å². The van der Waals surface area contributed by atoms with Crippen LogP contribution in [0.4, 0.5) is 0 Å². The van der Waals surface area contributed by atoms with Gasteiger partial charge in [0.05, 0.1) is 29.1 Å². The lowest BCUT2D eigenvalue weighted by Gasteiger charge is -2.72. The van der Waals surface area contributed by atoms with Crippen LogP contribution in [0.2, 0.25) is 5.02 Å². The van der Waals surface area contributed by atoms with Crippen molar-refractivity contribution >= 4 is 29.3 Å². The second-order valence-electron chi connectivity index (χ2n) is 21.8. The van der Waals surface area contributed by atoms with Crippen molar-refractivity contribution in [3.8, 4) is 5.82 Å². The van der Waals surface area contributed by atoms with Crippen LogP contribution in [0.15, 0.2) is 34.3 Å². The molecule has 59 heavy (non-hydrogen) atoms. The van der Waals surface area contributed by atoms with Crippen molar-refractivity contribution in [3.05, 3.63) is 56.1 Å². The highest BCUT2D eigenvalue weighted by Gasteiger charge is 2.71. The van der Waals surface area contributed by atoms with E-state index in [1.807, 2.05) is 27.1 Å². The summed E-state index contributed by atoms with van der Waals surface area (Å²) in [5.74, 6) is 0.359. The zero-order valence-electron chi connectivity index (χ0n) is 37.8. The number of fused-ring (bicyclic) bond motifs is 7. The molecule has 10 nitrogen and oxygen atoms in total. The maximum absolute atomic E-state index is 14.7. The summed E-state index contributed by atoms with van der Waals surface area (Å²) < 4.78 is 10.1. The van der Waals surface area contributed by atoms with Gasteiger partial charge in [-0.2, -0.15) is 4.68 Å². The van der Waals surface area contributed by atoms with Crippen molar-refractivity contribution in [3.63, 3.8) is 0 Å². The number of aromatic nitrogens is 3. The standard InChI is InChI=1S/C48H69ClN4O6/c1-28(2)38-32(54)25-48(40-29(3)41(56)53(52(40)24-23-51(11)12)36-16-13-30(49)27-50-36)22-21-46(9)31(39(38)48)14-15-34-45(8)19-18-35(59-37(55)26-43(4,5)42(57)58)44(6,7)33(45)17-20-47(34,46)10/h13,16,27-28,31,33-35H,14-15,17-26H2,1-12H3,(H,57,58)/t31-,33+,34-,35+,45+,46-,47-,48-/m1/s1. The molecule has 4 saturated carbocycles. The highest BCUT2D eigenvalue weighted by molar-refractivity contribution is 6.30. The lowest BCUT2D eigenvalue weighted by atomic mass is 9.33. The van der Waals surface area contributed by atoms with Crippen LogP contribution >= 0.6 is 11.6 Å². The summed E-state index contributed by atoms with van der Waals surface area (Å²) in [6, 6.07) is 3.58. The summed E-state index contributed by atoms with van der Waals surface area (Å²) in [6.45, 7) is 22.9. The average molecular weight is 834 g/mol. The number of pyridine rings is 1. The smallest absolute Gasteiger partial charge is 0.309 e. The first-order chi connectivity index (χ1) is 27.4.